The predicted molar refractivity (Wildman–Crippen MR) is 51.6 cm³/mol. The molecule has 72 valence electrons. The summed E-state index contributed by atoms with van der Waals surface area (Å²) in [6.45, 7) is 4.01. The highest BCUT2D eigenvalue weighted by Crippen LogP contribution is 2.11. The molecule has 1 heterocycles. The first-order valence-corrected chi connectivity index (χ1v) is 4.29. The highest BCUT2D eigenvalue weighted by atomic mass is 16.4. The van der Waals surface area contributed by atoms with Crippen LogP contribution in [0, 0.1) is 13.8 Å². The number of nitrogens with zero attached hydrogens (tertiary/aromatic N) is 2. The lowest BCUT2D eigenvalue weighted by Gasteiger charge is -2.02. The molecule has 0 bridgehead atoms. The van der Waals surface area contributed by atoms with Gasteiger partial charge in [0.15, 0.2) is 0 Å². The van der Waals surface area contributed by atoms with Crippen LogP contribution in [0.1, 0.15) is 11.1 Å². The molecule has 4 nitrogen and oxygen atoms in total. The molecule has 0 aliphatic heterocycles. The Morgan fingerprint density at radius 3 is 2.64 bits per heavy atom. The fraction of sp³-hybridized carbons (Fsp3) is 0.200. The second kappa shape index (κ2) is 3.14. The van der Waals surface area contributed by atoms with Crippen molar-refractivity contribution in [3.8, 4) is 5.69 Å². The first-order chi connectivity index (χ1) is 6.68. The zero-order valence-corrected chi connectivity index (χ0v) is 8.02. The Kier molecular flexibility index (Phi) is 1.96. The second-order valence-electron chi connectivity index (χ2n) is 3.19. The number of rotatable bonds is 1. The topological polar surface area (TPSA) is 48.0 Å². The lowest BCUT2D eigenvalue weighted by molar-refractivity contribution is 0.503. The predicted octanol–water partition coefficient (Wildman–Crippen LogP) is 1.44. The van der Waals surface area contributed by atoms with Crippen LogP contribution < -0.4 is 5.76 Å². The van der Waals surface area contributed by atoms with Crippen LogP contribution in [0.15, 0.2) is 33.8 Å². The number of benzene rings is 1. The summed E-state index contributed by atoms with van der Waals surface area (Å²) in [5, 5.41) is 3.79. The summed E-state index contributed by atoms with van der Waals surface area (Å²) in [6.07, 6.45) is 1.14. The number of aromatic nitrogens is 2. The minimum atomic E-state index is -0.465. The van der Waals surface area contributed by atoms with Crippen molar-refractivity contribution in [1.29, 1.82) is 0 Å². The Morgan fingerprint density at radius 2 is 2.07 bits per heavy atom. The molecule has 1 aromatic carbocycles. The summed E-state index contributed by atoms with van der Waals surface area (Å²) in [6, 6.07) is 5.69. The van der Waals surface area contributed by atoms with E-state index in [2.05, 4.69) is 9.52 Å². The van der Waals surface area contributed by atoms with Crippen LogP contribution >= 0.6 is 0 Å². The summed E-state index contributed by atoms with van der Waals surface area (Å²) in [5.74, 6) is -0.465. The monoisotopic (exact) mass is 190 g/mol. The minimum absolute atomic E-state index is 0.465. The maximum Gasteiger partial charge on any atom is 0.441 e. The zero-order chi connectivity index (χ0) is 10.1. The largest absolute Gasteiger partial charge is 0.441 e. The van der Waals surface area contributed by atoms with Crippen molar-refractivity contribution in [2.24, 2.45) is 0 Å². The average molecular weight is 190 g/mol. The van der Waals surface area contributed by atoms with E-state index in [1.165, 1.54) is 10.2 Å². The van der Waals surface area contributed by atoms with E-state index in [-0.39, 0.29) is 0 Å². The highest BCUT2D eigenvalue weighted by molar-refractivity contribution is 5.38. The number of aryl methyl sites for hydroxylation is 2. The third-order valence-electron chi connectivity index (χ3n) is 2.22. The Labute approximate surface area is 80.8 Å². The Morgan fingerprint density at radius 1 is 1.29 bits per heavy atom. The molecule has 2 aromatic rings. The summed E-state index contributed by atoms with van der Waals surface area (Å²) >= 11 is 0. The minimum Gasteiger partial charge on any atom is -0.395 e. The highest BCUT2D eigenvalue weighted by Gasteiger charge is 2.03. The van der Waals surface area contributed by atoms with Gasteiger partial charge in [-0.1, -0.05) is 6.07 Å². The van der Waals surface area contributed by atoms with Gasteiger partial charge in [-0.15, -0.1) is 5.10 Å². The van der Waals surface area contributed by atoms with Gasteiger partial charge < -0.3 is 4.42 Å². The van der Waals surface area contributed by atoms with Gasteiger partial charge in [0.2, 0.25) is 6.39 Å². The average Bonchev–Trinajstić information content (AvgIpc) is 2.57. The van der Waals surface area contributed by atoms with Crippen molar-refractivity contribution in [2.45, 2.75) is 13.8 Å². The van der Waals surface area contributed by atoms with E-state index in [0.717, 1.165) is 17.6 Å². The number of hydrogen-bond donors (Lipinski definition) is 0. The van der Waals surface area contributed by atoms with Gasteiger partial charge in [-0.2, -0.15) is 4.68 Å². The van der Waals surface area contributed by atoms with Gasteiger partial charge in [-0.3, -0.25) is 0 Å². The van der Waals surface area contributed by atoms with Crippen molar-refractivity contribution in [3.05, 3.63) is 46.3 Å². The van der Waals surface area contributed by atoms with E-state index in [1.807, 2.05) is 32.0 Å². The van der Waals surface area contributed by atoms with E-state index in [1.54, 1.807) is 0 Å². The van der Waals surface area contributed by atoms with E-state index in [0.29, 0.717) is 0 Å². The molecule has 0 spiro atoms. The second-order valence-corrected chi connectivity index (χ2v) is 3.19. The molecule has 0 saturated heterocycles. The van der Waals surface area contributed by atoms with Crippen LogP contribution in [0.3, 0.4) is 0 Å². The fourth-order valence-electron chi connectivity index (χ4n) is 1.24. The Balaban J connectivity index is 2.59. The first-order valence-electron chi connectivity index (χ1n) is 4.29. The van der Waals surface area contributed by atoms with Gasteiger partial charge >= 0.3 is 5.76 Å². The first kappa shape index (κ1) is 8.74. The fourth-order valence-corrected chi connectivity index (χ4v) is 1.24. The lowest BCUT2D eigenvalue weighted by atomic mass is 10.1. The molecule has 0 aliphatic carbocycles. The molecule has 14 heavy (non-hydrogen) atoms. The molecule has 1 aromatic heterocycles. The maximum atomic E-state index is 11.1. The lowest BCUT2D eigenvalue weighted by Crippen LogP contribution is -2.13. The molecule has 0 fully saturated rings. The molecule has 0 amide bonds. The molecule has 4 heteroatoms. The van der Waals surface area contributed by atoms with Gasteiger partial charge in [0.25, 0.3) is 0 Å². The van der Waals surface area contributed by atoms with Gasteiger partial charge in [0.1, 0.15) is 0 Å². The molecule has 0 aliphatic rings. The molecular weight excluding hydrogens is 180 g/mol. The van der Waals surface area contributed by atoms with Gasteiger partial charge in [-0.25, -0.2) is 4.79 Å². The SMILES string of the molecule is Cc1ccc(-n2ncoc2=O)cc1C. The molecule has 0 N–H and O–H groups in total. The van der Waals surface area contributed by atoms with Crippen molar-refractivity contribution in [1.82, 2.24) is 9.78 Å². The Bertz CT molecular complexity index is 511. The van der Waals surface area contributed by atoms with Crippen LogP contribution in [-0.4, -0.2) is 9.78 Å². The van der Waals surface area contributed by atoms with Gasteiger partial charge in [0, 0.05) is 0 Å². The van der Waals surface area contributed by atoms with Crippen LogP contribution in [0.4, 0.5) is 0 Å². The van der Waals surface area contributed by atoms with E-state index < -0.39 is 5.76 Å². The normalized spacial score (nSPS) is 10.4. The van der Waals surface area contributed by atoms with Gasteiger partial charge in [-0.05, 0) is 37.1 Å². The van der Waals surface area contributed by atoms with Crippen LogP contribution in [0.2, 0.25) is 0 Å². The third-order valence-corrected chi connectivity index (χ3v) is 2.22. The van der Waals surface area contributed by atoms with E-state index in [9.17, 15) is 4.79 Å². The van der Waals surface area contributed by atoms with Crippen molar-refractivity contribution >= 4 is 0 Å². The third kappa shape index (κ3) is 1.35. The van der Waals surface area contributed by atoms with E-state index in [4.69, 9.17) is 0 Å². The smallest absolute Gasteiger partial charge is 0.395 e. The van der Waals surface area contributed by atoms with Gasteiger partial charge in [0.05, 0.1) is 5.69 Å². The molecule has 2 rings (SSSR count). The molecular formula is C10H10N2O2. The maximum absolute atomic E-state index is 11.1. The van der Waals surface area contributed by atoms with Crippen molar-refractivity contribution in [3.63, 3.8) is 0 Å². The van der Waals surface area contributed by atoms with Crippen LogP contribution in [-0.2, 0) is 0 Å². The number of hydrogen-bond acceptors (Lipinski definition) is 3. The Hall–Kier alpha value is -1.84. The van der Waals surface area contributed by atoms with Crippen LogP contribution in [0.5, 0.6) is 0 Å². The standard InChI is InChI=1S/C10H10N2O2/c1-7-3-4-9(5-8(7)2)12-10(13)14-6-11-12/h3-6H,1-2H3. The van der Waals surface area contributed by atoms with Crippen molar-refractivity contribution in [2.75, 3.05) is 0 Å². The molecule has 0 radical (unpaired) electrons. The molecule has 0 saturated carbocycles. The molecule has 0 atom stereocenters. The summed E-state index contributed by atoms with van der Waals surface area (Å²) < 4.78 is 5.81. The van der Waals surface area contributed by atoms with Crippen molar-refractivity contribution < 1.29 is 4.42 Å². The molecule has 0 unspecified atom stereocenters. The van der Waals surface area contributed by atoms with Crippen LogP contribution in [0.25, 0.3) is 5.69 Å². The quantitative estimate of drug-likeness (QED) is 0.683. The van der Waals surface area contributed by atoms with E-state index >= 15 is 0 Å². The zero-order valence-electron chi connectivity index (χ0n) is 8.02. The summed E-state index contributed by atoms with van der Waals surface area (Å²) in [5.41, 5.74) is 3.04. The summed E-state index contributed by atoms with van der Waals surface area (Å²) in [7, 11) is 0. The summed E-state index contributed by atoms with van der Waals surface area (Å²) in [4.78, 5) is 11.1.